The molecule has 2 aromatic rings. The first-order chi connectivity index (χ1) is 10.6. The number of furan rings is 1. The molecule has 0 spiro atoms. The Labute approximate surface area is 136 Å². The molecule has 2 heterocycles. The van der Waals surface area contributed by atoms with E-state index in [0.29, 0.717) is 17.1 Å². The van der Waals surface area contributed by atoms with E-state index in [1.807, 2.05) is 0 Å². The van der Waals surface area contributed by atoms with E-state index in [-0.39, 0.29) is 17.4 Å². The topological polar surface area (TPSA) is 59.8 Å². The molecule has 0 aliphatic carbocycles. The van der Waals surface area contributed by atoms with Gasteiger partial charge >= 0.3 is 5.97 Å². The maximum atomic E-state index is 12.7. The summed E-state index contributed by atoms with van der Waals surface area (Å²) in [6.45, 7) is 0.254. The summed E-state index contributed by atoms with van der Waals surface area (Å²) >= 11 is 12.2. The van der Waals surface area contributed by atoms with Gasteiger partial charge in [0.15, 0.2) is 5.76 Å². The summed E-state index contributed by atoms with van der Waals surface area (Å²) in [5, 5.41) is 0.492. The summed E-state index contributed by atoms with van der Waals surface area (Å²) in [6, 6.07) is 7.25. The SMILES string of the molecule is O=C1OCCC1N(C(=O)c1ccco1)c1cccc(Cl)c1Cl. The highest BCUT2D eigenvalue weighted by atomic mass is 35.5. The number of halogens is 2. The Morgan fingerprint density at radius 3 is 2.68 bits per heavy atom. The average Bonchev–Trinajstić information content (AvgIpc) is 3.16. The number of amides is 1. The number of cyclic esters (lactones) is 1. The molecule has 1 aromatic heterocycles. The van der Waals surface area contributed by atoms with Crippen molar-refractivity contribution >= 4 is 40.8 Å². The van der Waals surface area contributed by atoms with Crippen molar-refractivity contribution in [1.29, 1.82) is 0 Å². The predicted molar refractivity (Wildman–Crippen MR) is 81.3 cm³/mol. The highest BCUT2D eigenvalue weighted by Gasteiger charge is 2.38. The van der Waals surface area contributed by atoms with Gasteiger partial charge in [-0.3, -0.25) is 9.69 Å². The van der Waals surface area contributed by atoms with Crippen LogP contribution in [0.25, 0.3) is 0 Å². The zero-order valence-electron chi connectivity index (χ0n) is 11.3. The second-order valence-corrected chi connectivity index (χ2v) is 5.48. The number of hydrogen-bond donors (Lipinski definition) is 0. The van der Waals surface area contributed by atoms with E-state index < -0.39 is 17.9 Å². The fraction of sp³-hybridized carbons (Fsp3) is 0.200. The minimum absolute atomic E-state index is 0.107. The molecule has 3 rings (SSSR count). The molecule has 1 aliphatic heterocycles. The van der Waals surface area contributed by atoms with Gasteiger partial charge in [0, 0.05) is 6.42 Å². The van der Waals surface area contributed by atoms with E-state index in [4.69, 9.17) is 32.4 Å². The van der Waals surface area contributed by atoms with Gasteiger partial charge in [-0.1, -0.05) is 29.3 Å². The molecular formula is C15H11Cl2NO4. The summed E-state index contributed by atoms with van der Waals surface area (Å²) < 4.78 is 10.1. The molecule has 5 nitrogen and oxygen atoms in total. The Balaban J connectivity index is 2.08. The van der Waals surface area contributed by atoms with Crippen LogP contribution in [0.15, 0.2) is 41.0 Å². The third-order valence-corrected chi connectivity index (χ3v) is 4.17. The Morgan fingerprint density at radius 1 is 1.23 bits per heavy atom. The zero-order chi connectivity index (χ0) is 15.7. The second kappa shape index (κ2) is 6.02. The summed E-state index contributed by atoms with van der Waals surface area (Å²) in [5.41, 5.74) is 0.347. The number of anilines is 1. The van der Waals surface area contributed by atoms with Crippen LogP contribution in [0.5, 0.6) is 0 Å². The minimum atomic E-state index is -0.756. The lowest BCUT2D eigenvalue weighted by atomic mass is 10.1. The molecule has 1 unspecified atom stereocenters. The van der Waals surface area contributed by atoms with Gasteiger partial charge < -0.3 is 9.15 Å². The number of carbonyl (C=O) groups excluding carboxylic acids is 2. The Hall–Kier alpha value is -1.98. The Morgan fingerprint density at radius 2 is 2.05 bits per heavy atom. The van der Waals surface area contributed by atoms with Gasteiger partial charge in [-0.15, -0.1) is 0 Å². The van der Waals surface area contributed by atoms with Gasteiger partial charge in [-0.05, 0) is 24.3 Å². The van der Waals surface area contributed by atoms with E-state index in [0.717, 1.165) is 0 Å². The molecule has 0 N–H and O–H groups in total. The molecular weight excluding hydrogens is 329 g/mol. The lowest BCUT2D eigenvalue weighted by Crippen LogP contribution is -2.43. The van der Waals surface area contributed by atoms with E-state index in [1.54, 1.807) is 24.3 Å². The van der Waals surface area contributed by atoms with Crippen LogP contribution in [0.2, 0.25) is 10.0 Å². The number of carbonyl (C=O) groups is 2. The standard InChI is InChI=1S/C15H11Cl2NO4/c16-9-3-1-4-10(13(9)17)18(11-6-8-22-15(11)20)14(19)12-5-2-7-21-12/h1-5,7,11H,6,8H2. The second-order valence-electron chi connectivity index (χ2n) is 4.70. The van der Waals surface area contributed by atoms with Gasteiger partial charge in [-0.2, -0.15) is 0 Å². The van der Waals surface area contributed by atoms with Crippen molar-refractivity contribution in [2.24, 2.45) is 0 Å². The van der Waals surface area contributed by atoms with Crippen molar-refractivity contribution in [2.75, 3.05) is 11.5 Å². The third-order valence-electron chi connectivity index (χ3n) is 3.36. The van der Waals surface area contributed by atoms with Gasteiger partial charge in [0.2, 0.25) is 0 Å². The van der Waals surface area contributed by atoms with E-state index in [2.05, 4.69) is 0 Å². The van der Waals surface area contributed by atoms with E-state index in [9.17, 15) is 9.59 Å². The molecule has 1 aliphatic rings. The summed E-state index contributed by atoms with van der Waals surface area (Å²) in [6.07, 6.45) is 1.77. The molecule has 0 radical (unpaired) electrons. The van der Waals surface area contributed by atoms with Gasteiger partial charge in [0.1, 0.15) is 6.04 Å². The number of hydrogen-bond acceptors (Lipinski definition) is 4. The van der Waals surface area contributed by atoms with E-state index >= 15 is 0 Å². The monoisotopic (exact) mass is 339 g/mol. The average molecular weight is 340 g/mol. The van der Waals surface area contributed by atoms with Crippen molar-refractivity contribution in [3.05, 3.63) is 52.4 Å². The smallest absolute Gasteiger partial charge is 0.329 e. The van der Waals surface area contributed by atoms with Crippen LogP contribution in [0.3, 0.4) is 0 Å². The van der Waals surface area contributed by atoms with Crippen molar-refractivity contribution in [3.8, 4) is 0 Å². The number of nitrogens with zero attached hydrogens (tertiary/aromatic N) is 1. The fourth-order valence-corrected chi connectivity index (χ4v) is 2.72. The summed E-state index contributed by atoms with van der Waals surface area (Å²) in [5.74, 6) is -0.843. The molecule has 1 saturated heterocycles. The van der Waals surface area contributed by atoms with Gasteiger partial charge in [0.25, 0.3) is 5.91 Å². The molecule has 1 fully saturated rings. The maximum absolute atomic E-state index is 12.7. The maximum Gasteiger partial charge on any atom is 0.329 e. The first-order valence-electron chi connectivity index (χ1n) is 6.57. The number of ether oxygens (including phenoxy) is 1. The number of esters is 1. The van der Waals surface area contributed by atoms with Crippen LogP contribution >= 0.6 is 23.2 Å². The fourth-order valence-electron chi connectivity index (χ4n) is 2.34. The molecule has 1 atom stereocenters. The zero-order valence-corrected chi connectivity index (χ0v) is 12.8. The Bertz CT molecular complexity index is 714. The quantitative estimate of drug-likeness (QED) is 0.802. The van der Waals surface area contributed by atoms with Crippen LogP contribution in [-0.2, 0) is 9.53 Å². The van der Waals surface area contributed by atoms with Gasteiger partial charge in [-0.25, -0.2) is 4.79 Å². The van der Waals surface area contributed by atoms with Crippen molar-refractivity contribution in [2.45, 2.75) is 12.5 Å². The highest BCUT2D eigenvalue weighted by Crippen LogP contribution is 2.35. The number of benzene rings is 1. The lowest BCUT2D eigenvalue weighted by Gasteiger charge is -2.26. The Kier molecular flexibility index (Phi) is 4.09. The molecule has 22 heavy (non-hydrogen) atoms. The molecule has 114 valence electrons. The van der Waals surface area contributed by atoms with Crippen LogP contribution in [0.4, 0.5) is 5.69 Å². The molecule has 1 amide bonds. The van der Waals surface area contributed by atoms with Crippen molar-refractivity contribution < 1.29 is 18.7 Å². The minimum Gasteiger partial charge on any atom is -0.464 e. The largest absolute Gasteiger partial charge is 0.464 e. The third kappa shape index (κ3) is 2.58. The first-order valence-corrected chi connectivity index (χ1v) is 7.33. The molecule has 7 heteroatoms. The van der Waals surface area contributed by atoms with Crippen LogP contribution in [-0.4, -0.2) is 24.5 Å². The summed E-state index contributed by atoms with van der Waals surface area (Å²) in [4.78, 5) is 25.9. The molecule has 0 bridgehead atoms. The molecule has 0 saturated carbocycles. The summed E-state index contributed by atoms with van der Waals surface area (Å²) in [7, 11) is 0. The van der Waals surface area contributed by atoms with Crippen LogP contribution < -0.4 is 4.90 Å². The first kappa shape index (κ1) is 14.9. The van der Waals surface area contributed by atoms with Crippen molar-refractivity contribution in [1.82, 2.24) is 0 Å². The van der Waals surface area contributed by atoms with Crippen LogP contribution in [0, 0.1) is 0 Å². The highest BCUT2D eigenvalue weighted by molar-refractivity contribution is 6.44. The van der Waals surface area contributed by atoms with Gasteiger partial charge in [0.05, 0.1) is 28.6 Å². The molecule has 1 aromatic carbocycles. The number of rotatable bonds is 3. The van der Waals surface area contributed by atoms with Crippen molar-refractivity contribution in [3.63, 3.8) is 0 Å². The lowest BCUT2D eigenvalue weighted by molar-refractivity contribution is -0.139. The predicted octanol–water partition coefficient (Wildman–Crippen LogP) is 3.55. The normalized spacial score (nSPS) is 17.4. The van der Waals surface area contributed by atoms with Crippen LogP contribution in [0.1, 0.15) is 17.0 Å². The van der Waals surface area contributed by atoms with E-state index in [1.165, 1.54) is 17.2 Å².